The van der Waals surface area contributed by atoms with Crippen molar-refractivity contribution in [2.24, 2.45) is 0 Å². The number of alkyl carbamates (subject to hydrolysis) is 1. The number of aryl methyl sites for hydroxylation is 1. The molecule has 1 atom stereocenters. The average Bonchev–Trinajstić information content (AvgIpc) is 2.48. The van der Waals surface area contributed by atoms with Crippen molar-refractivity contribution >= 4 is 22.2 Å². The Bertz CT molecular complexity index is 720. The first-order valence-electron chi connectivity index (χ1n) is 8.06. The van der Waals surface area contributed by atoms with Gasteiger partial charge in [-0.1, -0.05) is 17.7 Å². The molecule has 26 heavy (non-hydrogen) atoms. The van der Waals surface area contributed by atoms with E-state index in [1.54, 1.807) is 32.9 Å². The zero-order valence-electron chi connectivity index (χ0n) is 15.3. The lowest BCUT2D eigenvalue weighted by atomic mass is 10.1. The van der Waals surface area contributed by atoms with Crippen LogP contribution >= 0.6 is 0 Å². The summed E-state index contributed by atoms with van der Waals surface area (Å²) in [4.78, 5) is 22.6. The number of aliphatic carboxylic acids is 1. The smallest absolute Gasteiger partial charge is 0.407 e. The number of amides is 1. The lowest BCUT2D eigenvalue weighted by Gasteiger charge is -2.23. The highest BCUT2D eigenvalue weighted by Crippen LogP contribution is 2.14. The van der Waals surface area contributed by atoms with E-state index in [0.29, 0.717) is 0 Å². The van der Waals surface area contributed by atoms with Gasteiger partial charge in [0.05, 0.1) is 17.5 Å². The van der Waals surface area contributed by atoms with Gasteiger partial charge < -0.3 is 15.2 Å². The van der Waals surface area contributed by atoms with Crippen LogP contribution in [0.1, 0.15) is 39.2 Å². The number of hydrogen-bond donors (Lipinski definition) is 2. The predicted octanol–water partition coefficient (Wildman–Crippen LogP) is 2.46. The Morgan fingerprint density at radius 1 is 1.19 bits per heavy atom. The molecule has 0 aliphatic carbocycles. The van der Waals surface area contributed by atoms with Crippen LogP contribution in [-0.4, -0.2) is 43.8 Å². The second-order valence-electron chi connectivity index (χ2n) is 6.83. The van der Waals surface area contributed by atoms with E-state index in [-0.39, 0.29) is 17.7 Å². The number of hydrogen-bond acceptors (Lipinski definition) is 6. The molecule has 8 nitrogen and oxygen atoms in total. The summed E-state index contributed by atoms with van der Waals surface area (Å²) in [5.41, 5.74) is 0.158. The summed E-state index contributed by atoms with van der Waals surface area (Å²) in [5, 5.41) is 11.3. The van der Waals surface area contributed by atoms with Gasteiger partial charge in [0.25, 0.3) is 10.1 Å². The number of nitrogens with one attached hydrogen (secondary N) is 1. The number of benzene rings is 1. The number of rotatable bonds is 8. The van der Waals surface area contributed by atoms with Gasteiger partial charge in [-0.25, -0.2) is 4.79 Å². The highest BCUT2D eigenvalue weighted by atomic mass is 32.2. The Labute approximate surface area is 153 Å². The number of carboxylic acids is 1. The van der Waals surface area contributed by atoms with Crippen LogP contribution in [0.3, 0.4) is 0 Å². The first kappa shape index (κ1) is 21.9. The van der Waals surface area contributed by atoms with Gasteiger partial charge >= 0.3 is 12.1 Å². The summed E-state index contributed by atoms with van der Waals surface area (Å²) in [6.45, 7) is 6.46. The Morgan fingerprint density at radius 2 is 1.77 bits per heavy atom. The number of carbonyl (C=O) groups is 2. The van der Waals surface area contributed by atoms with Crippen LogP contribution in [0.4, 0.5) is 4.79 Å². The maximum atomic E-state index is 12.2. The molecule has 1 aromatic rings. The van der Waals surface area contributed by atoms with Gasteiger partial charge in [-0.2, -0.15) is 8.42 Å². The zero-order valence-corrected chi connectivity index (χ0v) is 16.1. The molecule has 1 aromatic carbocycles. The van der Waals surface area contributed by atoms with Gasteiger partial charge in [-0.15, -0.1) is 0 Å². The Morgan fingerprint density at radius 3 is 2.27 bits per heavy atom. The van der Waals surface area contributed by atoms with Crippen molar-refractivity contribution in [1.82, 2.24) is 5.32 Å². The van der Waals surface area contributed by atoms with Crippen molar-refractivity contribution in [2.45, 2.75) is 57.1 Å². The average molecular weight is 387 g/mol. The second kappa shape index (κ2) is 9.00. The van der Waals surface area contributed by atoms with E-state index in [9.17, 15) is 18.0 Å². The molecule has 0 aliphatic heterocycles. The van der Waals surface area contributed by atoms with Gasteiger partial charge in [0.1, 0.15) is 5.60 Å². The fourth-order valence-corrected chi connectivity index (χ4v) is 2.86. The maximum absolute atomic E-state index is 12.2. The molecule has 0 saturated heterocycles. The van der Waals surface area contributed by atoms with Crippen LogP contribution in [0.25, 0.3) is 0 Å². The van der Waals surface area contributed by atoms with Crippen LogP contribution in [-0.2, 0) is 23.8 Å². The highest BCUT2D eigenvalue weighted by molar-refractivity contribution is 7.86. The Hall–Kier alpha value is -2.13. The molecule has 0 spiro atoms. The molecule has 146 valence electrons. The Balaban J connectivity index is 2.76. The largest absolute Gasteiger partial charge is 0.481 e. The third-order valence-corrected chi connectivity index (χ3v) is 4.46. The minimum atomic E-state index is -4.02. The van der Waals surface area contributed by atoms with Gasteiger partial charge in [-0.3, -0.25) is 8.98 Å². The third kappa shape index (κ3) is 8.30. The molecule has 2 N–H and O–H groups in total. The summed E-state index contributed by atoms with van der Waals surface area (Å²) < 4.78 is 34.5. The lowest BCUT2D eigenvalue weighted by molar-refractivity contribution is -0.137. The summed E-state index contributed by atoms with van der Waals surface area (Å²) in [7, 11) is -4.02. The molecule has 0 fully saturated rings. The van der Waals surface area contributed by atoms with Crippen molar-refractivity contribution in [2.75, 3.05) is 6.61 Å². The SMILES string of the molecule is Cc1ccc(S(=O)(=O)OC[C@H](CCC(=O)O)NC(=O)OC(C)(C)C)cc1. The molecular formula is C17H25NO7S. The van der Waals surface area contributed by atoms with Crippen molar-refractivity contribution in [3.05, 3.63) is 29.8 Å². The van der Waals surface area contributed by atoms with Crippen LogP contribution in [0, 0.1) is 6.92 Å². The number of carbonyl (C=O) groups excluding carboxylic acids is 1. The number of carboxylic acid groups (broad SMARTS) is 1. The normalized spacial score (nSPS) is 13.1. The van der Waals surface area contributed by atoms with Gasteiger partial charge in [-0.05, 0) is 46.2 Å². The molecular weight excluding hydrogens is 362 g/mol. The van der Waals surface area contributed by atoms with Gasteiger partial charge in [0, 0.05) is 6.42 Å². The highest BCUT2D eigenvalue weighted by Gasteiger charge is 2.23. The van der Waals surface area contributed by atoms with Crippen molar-refractivity contribution in [3.8, 4) is 0 Å². The molecule has 0 aliphatic rings. The fraction of sp³-hybridized carbons (Fsp3) is 0.529. The molecule has 0 unspecified atom stereocenters. The summed E-state index contributed by atoms with van der Waals surface area (Å²) in [6.07, 6.45) is -1.03. The van der Waals surface area contributed by atoms with Gasteiger partial charge in [0.15, 0.2) is 0 Å². The van der Waals surface area contributed by atoms with E-state index in [4.69, 9.17) is 14.0 Å². The minimum Gasteiger partial charge on any atom is -0.481 e. The lowest BCUT2D eigenvalue weighted by Crippen LogP contribution is -2.42. The molecule has 0 heterocycles. The van der Waals surface area contributed by atoms with Crippen molar-refractivity contribution in [1.29, 1.82) is 0 Å². The van der Waals surface area contributed by atoms with Crippen LogP contribution in [0.5, 0.6) is 0 Å². The van der Waals surface area contributed by atoms with Crippen molar-refractivity contribution in [3.63, 3.8) is 0 Å². The predicted molar refractivity (Wildman–Crippen MR) is 94.3 cm³/mol. The Kier molecular flexibility index (Phi) is 7.58. The van der Waals surface area contributed by atoms with Gasteiger partial charge in [0.2, 0.25) is 0 Å². The van der Waals surface area contributed by atoms with Crippen LogP contribution in [0.2, 0.25) is 0 Å². The molecule has 9 heteroatoms. The van der Waals surface area contributed by atoms with Crippen LogP contribution < -0.4 is 5.32 Å². The first-order chi connectivity index (χ1) is 11.9. The van der Waals surface area contributed by atoms with E-state index < -0.39 is 40.4 Å². The first-order valence-corrected chi connectivity index (χ1v) is 9.47. The number of ether oxygens (including phenoxy) is 1. The minimum absolute atomic E-state index is 0.00199. The van der Waals surface area contributed by atoms with E-state index in [2.05, 4.69) is 5.32 Å². The standard InChI is InChI=1S/C17H25NO7S/c1-12-5-8-14(9-6-12)26(22,23)24-11-13(7-10-15(19)20)18-16(21)25-17(2,3)4/h5-6,8-9,13H,7,10-11H2,1-4H3,(H,18,21)(H,19,20)/t13-/m0/s1. The van der Waals surface area contributed by atoms with E-state index >= 15 is 0 Å². The fourth-order valence-electron chi connectivity index (χ4n) is 1.91. The molecule has 1 amide bonds. The monoisotopic (exact) mass is 387 g/mol. The second-order valence-corrected chi connectivity index (χ2v) is 8.44. The molecule has 1 rings (SSSR count). The maximum Gasteiger partial charge on any atom is 0.407 e. The van der Waals surface area contributed by atoms with E-state index in [1.807, 2.05) is 6.92 Å². The zero-order chi connectivity index (χ0) is 20.0. The van der Waals surface area contributed by atoms with Crippen molar-refractivity contribution < 1.29 is 32.0 Å². The summed E-state index contributed by atoms with van der Waals surface area (Å²) >= 11 is 0. The molecule has 0 radical (unpaired) electrons. The summed E-state index contributed by atoms with van der Waals surface area (Å²) in [6, 6.07) is 5.27. The third-order valence-electron chi connectivity index (χ3n) is 3.16. The van der Waals surface area contributed by atoms with Crippen LogP contribution in [0.15, 0.2) is 29.2 Å². The topological polar surface area (TPSA) is 119 Å². The van der Waals surface area contributed by atoms with E-state index in [0.717, 1.165) is 5.56 Å². The molecule has 0 bridgehead atoms. The molecule has 0 saturated carbocycles. The molecule has 0 aromatic heterocycles. The van der Waals surface area contributed by atoms with E-state index in [1.165, 1.54) is 12.1 Å². The quantitative estimate of drug-likeness (QED) is 0.658. The summed E-state index contributed by atoms with van der Waals surface area (Å²) in [5.74, 6) is -1.07.